The van der Waals surface area contributed by atoms with E-state index in [2.05, 4.69) is 23.0 Å². The third-order valence-corrected chi connectivity index (χ3v) is 5.98. The van der Waals surface area contributed by atoms with Crippen LogP contribution >= 0.6 is 0 Å². The first-order chi connectivity index (χ1) is 7.36. The van der Waals surface area contributed by atoms with Crippen molar-refractivity contribution in [1.82, 2.24) is 9.13 Å². The topological polar surface area (TPSA) is 15.7 Å². The summed E-state index contributed by atoms with van der Waals surface area (Å²) in [5.41, 5.74) is 0. The van der Waals surface area contributed by atoms with E-state index in [0.29, 0.717) is 6.35 Å². The van der Waals surface area contributed by atoms with E-state index in [0.717, 1.165) is 12.6 Å². The molecule has 1 aliphatic carbocycles. The minimum atomic E-state index is -0.138. The predicted octanol–water partition coefficient (Wildman–Crippen LogP) is 1.28. The highest BCUT2D eigenvalue weighted by molar-refractivity contribution is 6.32. The van der Waals surface area contributed by atoms with Crippen molar-refractivity contribution in [3.63, 3.8) is 0 Å². The molecule has 0 amide bonds. The zero-order chi connectivity index (χ0) is 10.7. The average Bonchev–Trinajstić information content (AvgIpc) is 2.27. The van der Waals surface area contributed by atoms with Crippen molar-refractivity contribution in [1.29, 1.82) is 0 Å². The number of rotatable bonds is 4. The molecule has 1 atom stereocenters. The fraction of sp³-hybridized carbons (Fsp3) is 1.00. The molecule has 2 fully saturated rings. The van der Waals surface area contributed by atoms with Gasteiger partial charge in [-0.15, -0.1) is 0 Å². The second kappa shape index (κ2) is 5.43. The smallest absolute Gasteiger partial charge is 0.179 e. The summed E-state index contributed by atoms with van der Waals surface area (Å²) in [6, 6.07) is 0.852. The van der Waals surface area contributed by atoms with Gasteiger partial charge in [0.2, 0.25) is 0 Å². The molecule has 88 valence electrons. The van der Waals surface area contributed by atoms with Gasteiger partial charge in [-0.05, 0) is 26.3 Å². The van der Waals surface area contributed by atoms with Gasteiger partial charge in [0, 0.05) is 12.6 Å². The van der Waals surface area contributed by atoms with Crippen LogP contribution in [0.2, 0.25) is 0 Å². The maximum atomic E-state index is 5.83. The van der Waals surface area contributed by atoms with Gasteiger partial charge < -0.3 is 4.74 Å². The van der Waals surface area contributed by atoms with Gasteiger partial charge in [-0.1, -0.05) is 26.2 Å². The van der Waals surface area contributed by atoms with Gasteiger partial charge in [-0.25, -0.2) is 0 Å². The lowest BCUT2D eigenvalue weighted by atomic mass is 9.95. The Bertz CT molecular complexity index is 197. The molecule has 1 heterocycles. The summed E-state index contributed by atoms with van der Waals surface area (Å²) in [7, 11) is -0.138. The monoisotopic (exact) mass is 228 g/mol. The molecule has 15 heavy (non-hydrogen) atoms. The van der Waals surface area contributed by atoms with Crippen LogP contribution in [0.3, 0.4) is 0 Å². The molecule has 0 N–H and O–H groups in total. The van der Waals surface area contributed by atoms with E-state index in [-0.39, 0.29) is 9.84 Å². The van der Waals surface area contributed by atoms with Gasteiger partial charge in [-0.2, -0.15) is 0 Å². The fourth-order valence-corrected chi connectivity index (χ4v) is 4.62. The van der Waals surface area contributed by atoms with Crippen molar-refractivity contribution in [3.8, 4) is 0 Å². The third-order valence-electron chi connectivity index (χ3n) is 3.71. The maximum Gasteiger partial charge on any atom is 0.179 e. The van der Waals surface area contributed by atoms with Crippen LogP contribution in [0.5, 0.6) is 0 Å². The Morgan fingerprint density at radius 1 is 1.20 bits per heavy atom. The Morgan fingerprint density at radius 3 is 2.53 bits per heavy atom. The quantitative estimate of drug-likeness (QED) is 0.674. The minimum absolute atomic E-state index is 0.138. The lowest BCUT2D eigenvalue weighted by Gasteiger charge is -2.53. The van der Waals surface area contributed by atoms with E-state index >= 15 is 0 Å². The molecular formula is C11H24N2OSi. The Hall–Kier alpha value is 0.0969. The highest BCUT2D eigenvalue weighted by Gasteiger charge is 2.40. The van der Waals surface area contributed by atoms with Crippen LogP contribution in [0, 0.1) is 0 Å². The minimum Gasteiger partial charge on any atom is -0.351 e. The van der Waals surface area contributed by atoms with Gasteiger partial charge in [0.25, 0.3) is 0 Å². The maximum absolute atomic E-state index is 5.83. The molecule has 0 radical (unpaired) electrons. The van der Waals surface area contributed by atoms with Crippen LogP contribution in [0.25, 0.3) is 0 Å². The molecule has 1 unspecified atom stereocenters. The third kappa shape index (κ3) is 2.44. The van der Waals surface area contributed by atoms with E-state index in [1.165, 1.54) is 38.6 Å². The largest absolute Gasteiger partial charge is 0.351 e. The van der Waals surface area contributed by atoms with Crippen LogP contribution in [0.4, 0.5) is 0 Å². The first-order valence-electron chi connectivity index (χ1n) is 6.48. The van der Waals surface area contributed by atoms with Crippen LogP contribution in [-0.2, 0) is 4.74 Å². The summed E-state index contributed by atoms with van der Waals surface area (Å²) < 4.78 is 11.1. The molecular weight excluding hydrogens is 204 g/mol. The van der Waals surface area contributed by atoms with Crippen molar-refractivity contribution in [2.75, 3.05) is 13.2 Å². The predicted molar refractivity (Wildman–Crippen MR) is 65.1 cm³/mol. The van der Waals surface area contributed by atoms with E-state index in [9.17, 15) is 0 Å². The molecule has 1 aliphatic heterocycles. The molecule has 1 saturated carbocycles. The summed E-state index contributed by atoms with van der Waals surface area (Å²) >= 11 is 0. The van der Waals surface area contributed by atoms with Gasteiger partial charge in [0.1, 0.15) is 0 Å². The molecule has 2 rings (SSSR count). The van der Waals surface area contributed by atoms with Gasteiger partial charge in [0.05, 0.1) is 0 Å². The number of hydrogen-bond donors (Lipinski definition) is 0. The molecule has 2 aliphatic rings. The van der Waals surface area contributed by atoms with Crippen molar-refractivity contribution in [2.24, 2.45) is 0 Å². The van der Waals surface area contributed by atoms with Crippen molar-refractivity contribution in [3.05, 3.63) is 0 Å². The Balaban J connectivity index is 1.86. The standard InChI is InChI=1S/C11H24N2OSi/c1-3-12-11(14-4-2)13(15-12)10-8-6-5-7-9-10/h10-11H,3-9,15H2,1-2H3. The molecule has 1 saturated heterocycles. The van der Waals surface area contributed by atoms with Crippen molar-refractivity contribution >= 4 is 9.84 Å². The van der Waals surface area contributed by atoms with Crippen LogP contribution < -0.4 is 0 Å². The molecule has 0 spiro atoms. The average molecular weight is 228 g/mol. The first kappa shape index (κ1) is 11.6. The molecule has 0 aromatic rings. The normalized spacial score (nSPS) is 32.0. The second-order valence-corrected chi connectivity index (χ2v) is 6.46. The molecule has 0 aromatic carbocycles. The Kier molecular flexibility index (Phi) is 4.19. The summed E-state index contributed by atoms with van der Waals surface area (Å²) in [5, 5.41) is 0. The summed E-state index contributed by atoms with van der Waals surface area (Å²) in [4.78, 5) is 0. The fourth-order valence-electron chi connectivity index (χ4n) is 2.78. The Labute approximate surface area is 95.7 Å². The highest BCUT2D eigenvalue weighted by Crippen LogP contribution is 2.29. The number of ether oxygens (including phenoxy) is 1. The van der Waals surface area contributed by atoms with Gasteiger partial charge in [0.15, 0.2) is 16.2 Å². The number of nitrogens with zero attached hydrogens (tertiary/aromatic N) is 2. The van der Waals surface area contributed by atoms with E-state index < -0.39 is 0 Å². The molecule has 0 aromatic heterocycles. The van der Waals surface area contributed by atoms with E-state index in [1.54, 1.807) is 0 Å². The van der Waals surface area contributed by atoms with Gasteiger partial charge >= 0.3 is 0 Å². The van der Waals surface area contributed by atoms with Crippen molar-refractivity contribution in [2.45, 2.75) is 58.3 Å². The lowest BCUT2D eigenvalue weighted by molar-refractivity contribution is -0.146. The van der Waals surface area contributed by atoms with E-state index in [4.69, 9.17) is 4.74 Å². The molecule has 0 bridgehead atoms. The Morgan fingerprint density at radius 2 is 1.93 bits per heavy atom. The summed E-state index contributed by atoms with van der Waals surface area (Å²) in [6.07, 6.45) is 7.47. The SMILES string of the molecule is CCOC1N(CC)[SiH2]N1C1CCCCC1. The molecule has 3 nitrogen and oxygen atoms in total. The van der Waals surface area contributed by atoms with Crippen molar-refractivity contribution < 1.29 is 4.74 Å². The van der Waals surface area contributed by atoms with Gasteiger partial charge in [-0.3, -0.25) is 9.13 Å². The zero-order valence-corrected chi connectivity index (χ0v) is 11.5. The van der Waals surface area contributed by atoms with Crippen LogP contribution in [0.1, 0.15) is 46.0 Å². The highest BCUT2D eigenvalue weighted by atomic mass is 28.2. The van der Waals surface area contributed by atoms with Crippen LogP contribution in [0.15, 0.2) is 0 Å². The summed E-state index contributed by atoms with van der Waals surface area (Å²) in [6.45, 7) is 6.36. The lowest BCUT2D eigenvalue weighted by Crippen LogP contribution is -2.70. The number of hydrogen-bond acceptors (Lipinski definition) is 3. The second-order valence-electron chi connectivity index (χ2n) is 4.63. The van der Waals surface area contributed by atoms with E-state index in [1.807, 2.05) is 0 Å². The molecule has 4 heteroatoms. The van der Waals surface area contributed by atoms with Crippen LogP contribution in [-0.4, -0.2) is 44.5 Å². The zero-order valence-electron chi connectivity index (χ0n) is 10.1. The summed E-state index contributed by atoms with van der Waals surface area (Å²) in [5.74, 6) is 0. The first-order valence-corrected chi connectivity index (χ1v) is 7.74.